The minimum atomic E-state index is -0.218. The van der Waals surface area contributed by atoms with Crippen LogP contribution in [0.4, 0.5) is 5.69 Å². The van der Waals surface area contributed by atoms with Gasteiger partial charge in [0.1, 0.15) is 11.8 Å². The number of ether oxygens (including phenoxy) is 1. The van der Waals surface area contributed by atoms with Crippen molar-refractivity contribution in [1.29, 1.82) is 0 Å². The van der Waals surface area contributed by atoms with Crippen molar-refractivity contribution in [3.8, 4) is 5.75 Å². The van der Waals surface area contributed by atoms with E-state index in [4.69, 9.17) is 4.74 Å². The number of anilines is 1. The molecule has 1 aromatic heterocycles. The average Bonchev–Trinajstić information content (AvgIpc) is 3.50. The SMILES string of the molecule is COc1ccc(C2c3nc[nH]c3CCN2C(=O)c2ccc(C)c(N3CCCC3)c2)cc1. The van der Waals surface area contributed by atoms with Crippen LogP contribution in [0, 0.1) is 6.92 Å². The van der Waals surface area contributed by atoms with Crippen LogP contribution in [0.3, 0.4) is 0 Å². The minimum Gasteiger partial charge on any atom is -0.497 e. The summed E-state index contributed by atoms with van der Waals surface area (Å²) in [6.07, 6.45) is 4.93. The molecule has 5 rings (SSSR count). The van der Waals surface area contributed by atoms with E-state index in [1.807, 2.05) is 35.2 Å². The summed E-state index contributed by atoms with van der Waals surface area (Å²) in [4.78, 5) is 26.0. The standard InChI is InChI=1S/C25H28N4O2/c1-17-5-6-19(15-22(17)28-12-3-4-13-28)25(30)29-14-11-21-23(27-16-26-21)24(29)18-7-9-20(31-2)10-8-18/h5-10,15-16,24H,3-4,11-14H2,1-2H3,(H,26,27). The summed E-state index contributed by atoms with van der Waals surface area (Å²) in [7, 11) is 1.66. The number of aromatic nitrogens is 2. The quantitative estimate of drug-likeness (QED) is 0.695. The highest BCUT2D eigenvalue weighted by atomic mass is 16.5. The topological polar surface area (TPSA) is 61.5 Å². The Hall–Kier alpha value is -3.28. The van der Waals surface area contributed by atoms with Crippen molar-refractivity contribution in [3.63, 3.8) is 0 Å². The summed E-state index contributed by atoms with van der Waals surface area (Å²) in [6, 6.07) is 13.8. The number of amides is 1. The number of rotatable bonds is 4. The Bertz CT molecular complexity index is 1080. The van der Waals surface area contributed by atoms with Crippen molar-refractivity contribution >= 4 is 11.6 Å². The third-order valence-electron chi connectivity index (χ3n) is 6.52. The molecule has 2 aromatic carbocycles. The van der Waals surface area contributed by atoms with Gasteiger partial charge in [-0.1, -0.05) is 18.2 Å². The first-order chi connectivity index (χ1) is 15.2. The van der Waals surface area contributed by atoms with E-state index in [0.29, 0.717) is 6.54 Å². The lowest BCUT2D eigenvalue weighted by Gasteiger charge is -2.35. The van der Waals surface area contributed by atoms with Gasteiger partial charge in [0, 0.05) is 43.0 Å². The highest BCUT2D eigenvalue weighted by molar-refractivity contribution is 5.96. The smallest absolute Gasteiger partial charge is 0.254 e. The molecule has 3 heterocycles. The Morgan fingerprint density at radius 1 is 1.10 bits per heavy atom. The van der Waals surface area contributed by atoms with Gasteiger partial charge in [-0.3, -0.25) is 4.79 Å². The Balaban J connectivity index is 1.51. The average molecular weight is 417 g/mol. The Labute approximate surface area is 182 Å². The summed E-state index contributed by atoms with van der Waals surface area (Å²) >= 11 is 0. The number of H-pyrrole nitrogens is 1. The number of hydrogen-bond donors (Lipinski definition) is 1. The van der Waals surface area contributed by atoms with Gasteiger partial charge < -0.3 is 19.5 Å². The fraction of sp³-hybridized carbons (Fsp3) is 0.360. The van der Waals surface area contributed by atoms with Crippen LogP contribution in [0.25, 0.3) is 0 Å². The van der Waals surface area contributed by atoms with Crippen LogP contribution >= 0.6 is 0 Å². The summed E-state index contributed by atoms with van der Waals surface area (Å²) in [5, 5.41) is 0. The number of nitrogens with one attached hydrogen (secondary N) is 1. The molecule has 1 unspecified atom stereocenters. The van der Waals surface area contributed by atoms with Crippen molar-refractivity contribution in [2.24, 2.45) is 0 Å². The molecule has 1 fully saturated rings. The molecule has 1 saturated heterocycles. The fourth-order valence-electron chi connectivity index (χ4n) is 4.83. The zero-order valence-corrected chi connectivity index (χ0v) is 18.1. The van der Waals surface area contributed by atoms with Crippen molar-refractivity contribution in [2.45, 2.75) is 32.2 Å². The van der Waals surface area contributed by atoms with Gasteiger partial charge in [-0.2, -0.15) is 0 Å². The molecular formula is C25H28N4O2. The molecule has 1 atom stereocenters. The zero-order valence-electron chi connectivity index (χ0n) is 18.1. The molecule has 0 saturated carbocycles. The number of methoxy groups -OCH3 is 1. The molecule has 160 valence electrons. The lowest BCUT2D eigenvalue weighted by atomic mass is 9.94. The van der Waals surface area contributed by atoms with E-state index in [1.165, 1.54) is 24.1 Å². The molecule has 2 aliphatic rings. The number of hydrogen-bond acceptors (Lipinski definition) is 4. The molecule has 0 spiro atoms. The number of carbonyl (C=O) groups excluding carboxylic acids is 1. The number of benzene rings is 2. The molecule has 0 radical (unpaired) electrons. The summed E-state index contributed by atoms with van der Waals surface area (Å²) in [6.45, 7) is 4.90. The molecule has 1 amide bonds. The second-order valence-corrected chi connectivity index (χ2v) is 8.39. The highest BCUT2D eigenvalue weighted by Crippen LogP contribution is 2.36. The maximum absolute atomic E-state index is 13.8. The molecule has 2 aliphatic heterocycles. The van der Waals surface area contributed by atoms with E-state index < -0.39 is 0 Å². The molecule has 6 heteroatoms. The van der Waals surface area contributed by atoms with Crippen LogP contribution in [0.2, 0.25) is 0 Å². The Morgan fingerprint density at radius 2 is 1.87 bits per heavy atom. The molecule has 0 aliphatic carbocycles. The second-order valence-electron chi connectivity index (χ2n) is 8.39. The zero-order chi connectivity index (χ0) is 21.4. The normalized spacial score (nSPS) is 18.2. The second kappa shape index (κ2) is 8.10. The third kappa shape index (κ3) is 3.56. The van der Waals surface area contributed by atoms with Crippen LogP contribution in [0.5, 0.6) is 5.75 Å². The highest BCUT2D eigenvalue weighted by Gasteiger charge is 2.34. The molecule has 0 bridgehead atoms. The molecule has 6 nitrogen and oxygen atoms in total. The fourth-order valence-corrected chi connectivity index (χ4v) is 4.83. The van der Waals surface area contributed by atoms with Gasteiger partial charge >= 0.3 is 0 Å². The van der Waals surface area contributed by atoms with Crippen LogP contribution < -0.4 is 9.64 Å². The first-order valence-corrected chi connectivity index (χ1v) is 11.0. The van der Waals surface area contributed by atoms with Gasteiger partial charge in [-0.05, 0) is 55.2 Å². The predicted octanol–water partition coefficient (Wildman–Crippen LogP) is 4.11. The first kappa shape index (κ1) is 19.7. The first-order valence-electron chi connectivity index (χ1n) is 11.0. The predicted molar refractivity (Wildman–Crippen MR) is 121 cm³/mol. The van der Waals surface area contributed by atoms with E-state index in [0.717, 1.165) is 47.8 Å². The maximum atomic E-state index is 13.8. The van der Waals surface area contributed by atoms with E-state index in [2.05, 4.69) is 33.9 Å². The van der Waals surface area contributed by atoms with Gasteiger partial charge in [0.05, 0.1) is 19.1 Å². The van der Waals surface area contributed by atoms with E-state index in [-0.39, 0.29) is 11.9 Å². The van der Waals surface area contributed by atoms with Gasteiger partial charge in [0.2, 0.25) is 0 Å². The Kier molecular flexibility index (Phi) is 5.14. The van der Waals surface area contributed by atoms with E-state index >= 15 is 0 Å². The lowest BCUT2D eigenvalue weighted by molar-refractivity contribution is 0.0690. The van der Waals surface area contributed by atoms with Crippen LogP contribution in [-0.4, -0.2) is 47.5 Å². The van der Waals surface area contributed by atoms with E-state index in [1.54, 1.807) is 13.4 Å². The number of carbonyl (C=O) groups is 1. The molecule has 3 aromatic rings. The van der Waals surface area contributed by atoms with Gasteiger partial charge in [-0.25, -0.2) is 4.98 Å². The number of aryl methyl sites for hydroxylation is 1. The summed E-state index contributed by atoms with van der Waals surface area (Å²) in [5.41, 5.74) is 6.21. The lowest BCUT2D eigenvalue weighted by Crippen LogP contribution is -2.40. The third-order valence-corrected chi connectivity index (χ3v) is 6.52. The van der Waals surface area contributed by atoms with Gasteiger partial charge in [0.25, 0.3) is 5.91 Å². The number of fused-ring (bicyclic) bond motifs is 1. The van der Waals surface area contributed by atoms with E-state index in [9.17, 15) is 4.79 Å². The number of imidazole rings is 1. The monoisotopic (exact) mass is 416 g/mol. The van der Waals surface area contributed by atoms with Crippen LogP contribution in [-0.2, 0) is 6.42 Å². The Morgan fingerprint density at radius 3 is 2.61 bits per heavy atom. The van der Waals surface area contributed by atoms with Crippen LogP contribution in [0.1, 0.15) is 51.8 Å². The molecule has 1 N–H and O–H groups in total. The van der Waals surface area contributed by atoms with Crippen molar-refractivity contribution in [1.82, 2.24) is 14.9 Å². The number of nitrogens with zero attached hydrogens (tertiary/aromatic N) is 3. The number of aromatic amines is 1. The maximum Gasteiger partial charge on any atom is 0.254 e. The summed E-state index contributed by atoms with van der Waals surface area (Å²) in [5.74, 6) is 0.850. The van der Waals surface area contributed by atoms with Crippen molar-refractivity contribution < 1.29 is 9.53 Å². The van der Waals surface area contributed by atoms with Gasteiger partial charge in [-0.15, -0.1) is 0 Å². The molecular weight excluding hydrogens is 388 g/mol. The van der Waals surface area contributed by atoms with Crippen molar-refractivity contribution in [2.75, 3.05) is 31.6 Å². The largest absolute Gasteiger partial charge is 0.497 e. The van der Waals surface area contributed by atoms with Crippen molar-refractivity contribution in [3.05, 3.63) is 76.9 Å². The summed E-state index contributed by atoms with van der Waals surface area (Å²) < 4.78 is 5.32. The minimum absolute atomic E-state index is 0.0508. The van der Waals surface area contributed by atoms with Crippen LogP contribution in [0.15, 0.2) is 48.8 Å². The van der Waals surface area contributed by atoms with Gasteiger partial charge in [0.15, 0.2) is 0 Å². The molecule has 31 heavy (non-hydrogen) atoms.